The summed E-state index contributed by atoms with van der Waals surface area (Å²) in [7, 11) is 1.43. The zero-order chi connectivity index (χ0) is 14.6. The second-order valence-electron chi connectivity index (χ2n) is 5.61. The van der Waals surface area contributed by atoms with Gasteiger partial charge in [0.25, 0.3) is 0 Å². The highest BCUT2D eigenvalue weighted by atomic mass is 19.1. The van der Waals surface area contributed by atoms with Crippen molar-refractivity contribution in [1.29, 1.82) is 0 Å². The maximum atomic E-state index is 13.7. The molecule has 20 heavy (non-hydrogen) atoms. The number of halogens is 1. The summed E-state index contributed by atoms with van der Waals surface area (Å²) >= 11 is 0. The lowest BCUT2D eigenvalue weighted by atomic mass is 9.70. The molecule has 3 nitrogen and oxygen atoms in total. The summed E-state index contributed by atoms with van der Waals surface area (Å²) in [6.07, 6.45) is 5.26. The lowest BCUT2D eigenvalue weighted by Crippen LogP contribution is -2.41. The van der Waals surface area contributed by atoms with E-state index in [1.165, 1.54) is 19.6 Å². The molecule has 1 saturated carbocycles. The van der Waals surface area contributed by atoms with Crippen molar-refractivity contribution in [3.8, 4) is 5.75 Å². The first-order valence-electron chi connectivity index (χ1n) is 7.17. The molecule has 2 N–H and O–H groups in total. The molecule has 110 valence electrons. The van der Waals surface area contributed by atoms with Crippen LogP contribution in [0.15, 0.2) is 18.2 Å². The van der Waals surface area contributed by atoms with Crippen LogP contribution in [0.5, 0.6) is 5.75 Å². The number of ketones is 1. The summed E-state index contributed by atoms with van der Waals surface area (Å²) in [5, 5.41) is 0. The Morgan fingerprint density at radius 2 is 2.05 bits per heavy atom. The number of carbonyl (C=O) groups is 1. The van der Waals surface area contributed by atoms with Crippen molar-refractivity contribution in [1.82, 2.24) is 0 Å². The first-order valence-corrected chi connectivity index (χ1v) is 7.17. The predicted octanol–water partition coefficient (Wildman–Crippen LogP) is 2.86. The Kier molecular flexibility index (Phi) is 4.76. The third-order valence-corrected chi connectivity index (χ3v) is 4.37. The molecular weight excluding hydrogens is 257 g/mol. The van der Waals surface area contributed by atoms with Crippen LogP contribution in [0.3, 0.4) is 0 Å². The Balaban J connectivity index is 2.12. The number of rotatable bonds is 5. The minimum atomic E-state index is -0.428. The highest BCUT2D eigenvalue weighted by molar-refractivity contribution is 5.87. The van der Waals surface area contributed by atoms with Gasteiger partial charge in [-0.2, -0.15) is 0 Å². The summed E-state index contributed by atoms with van der Waals surface area (Å²) in [6, 6.07) is 4.69. The number of Topliss-reactive ketones (excluding diaryl/α,β-unsaturated/α-hetero) is 1. The van der Waals surface area contributed by atoms with Crippen LogP contribution in [-0.4, -0.2) is 19.4 Å². The molecule has 0 amide bonds. The van der Waals surface area contributed by atoms with Gasteiger partial charge in [0.2, 0.25) is 0 Å². The van der Waals surface area contributed by atoms with Crippen molar-refractivity contribution in [3.05, 3.63) is 29.6 Å². The van der Waals surface area contributed by atoms with E-state index in [4.69, 9.17) is 10.5 Å². The lowest BCUT2D eigenvalue weighted by molar-refractivity contribution is -0.129. The summed E-state index contributed by atoms with van der Waals surface area (Å²) in [5.74, 6) is -0.0834. The van der Waals surface area contributed by atoms with E-state index >= 15 is 0 Å². The maximum Gasteiger partial charge on any atom is 0.165 e. The van der Waals surface area contributed by atoms with Crippen molar-refractivity contribution in [3.63, 3.8) is 0 Å². The van der Waals surface area contributed by atoms with Crippen molar-refractivity contribution < 1.29 is 13.9 Å². The Bertz CT molecular complexity index is 481. The van der Waals surface area contributed by atoms with Crippen molar-refractivity contribution in [2.75, 3.05) is 13.7 Å². The van der Waals surface area contributed by atoms with E-state index in [9.17, 15) is 9.18 Å². The van der Waals surface area contributed by atoms with Crippen LogP contribution in [-0.2, 0) is 11.2 Å². The van der Waals surface area contributed by atoms with Gasteiger partial charge in [0.1, 0.15) is 5.78 Å². The van der Waals surface area contributed by atoms with Crippen LogP contribution in [0.25, 0.3) is 0 Å². The first-order chi connectivity index (χ1) is 9.61. The quantitative estimate of drug-likeness (QED) is 0.901. The van der Waals surface area contributed by atoms with Gasteiger partial charge in [-0.15, -0.1) is 0 Å². The molecule has 0 unspecified atom stereocenters. The second-order valence-corrected chi connectivity index (χ2v) is 5.61. The first kappa shape index (κ1) is 15.0. The summed E-state index contributed by atoms with van der Waals surface area (Å²) in [4.78, 5) is 12.6. The minimum absolute atomic E-state index is 0.143. The van der Waals surface area contributed by atoms with Gasteiger partial charge in [-0.1, -0.05) is 25.3 Å². The van der Waals surface area contributed by atoms with Gasteiger partial charge in [-0.05, 0) is 30.5 Å². The Morgan fingerprint density at radius 1 is 1.35 bits per heavy atom. The van der Waals surface area contributed by atoms with Gasteiger partial charge in [-0.3, -0.25) is 4.79 Å². The van der Waals surface area contributed by atoms with E-state index in [1.807, 2.05) is 0 Å². The van der Waals surface area contributed by atoms with Crippen LogP contribution in [0.2, 0.25) is 0 Å². The standard InChI is InChI=1S/C16H22FNO2/c1-20-14-6-5-12(9-13(14)17)10-15(19)16(11-18)7-3-2-4-8-16/h5-6,9H,2-4,7-8,10-11,18H2,1H3. The number of methoxy groups -OCH3 is 1. The Labute approximate surface area is 119 Å². The molecule has 2 rings (SSSR count). The van der Waals surface area contributed by atoms with Gasteiger partial charge in [-0.25, -0.2) is 4.39 Å². The SMILES string of the molecule is COc1ccc(CC(=O)C2(CN)CCCCC2)cc1F. The fourth-order valence-corrected chi connectivity index (χ4v) is 3.02. The smallest absolute Gasteiger partial charge is 0.165 e. The molecule has 1 aromatic rings. The number of hydrogen-bond acceptors (Lipinski definition) is 3. The average Bonchev–Trinajstić information content (AvgIpc) is 2.48. The minimum Gasteiger partial charge on any atom is -0.494 e. The monoisotopic (exact) mass is 279 g/mol. The molecule has 0 aliphatic heterocycles. The molecule has 4 heteroatoms. The molecule has 0 aromatic heterocycles. The van der Waals surface area contributed by atoms with Gasteiger partial charge < -0.3 is 10.5 Å². The molecule has 0 saturated heterocycles. The zero-order valence-electron chi connectivity index (χ0n) is 12.0. The summed E-state index contributed by atoms with van der Waals surface area (Å²) in [6.45, 7) is 0.393. The molecule has 0 spiro atoms. The molecule has 1 fully saturated rings. The average molecular weight is 279 g/mol. The maximum absolute atomic E-state index is 13.7. The molecular formula is C16H22FNO2. The molecule has 1 aliphatic carbocycles. The van der Waals surface area contributed by atoms with Crippen LogP contribution in [0, 0.1) is 11.2 Å². The summed E-state index contributed by atoms with van der Waals surface area (Å²) < 4.78 is 18.5. The molecule has 0 radical (unpaired) electrons. The predicted molar refractivity (Wildman–Crippen MR) is 76.2 cm³/mol. The van der Waals surface area contributed by atoms with Gasteiger partial charge in [0, 0.05) is 18.4 Å². The number of nitrogens with two attached hydrogens (primary N) is 1. The van der Waals surface area contributed by atoms with Crippen LogP contribution >= 0.6 is 0 Å². The Hall–Kier alpha value is -1.42. The molecule has 0 bridgehead atoms. The second kappa shape index (κ2) is 6.35. The third-order valence-electron chi connectivity index (χ3n) is 4.37. The number of carbonyl (C=O) groups excluding carboxylic acids is 1. The highest BCUT2D eigenvalue weighted by Gasteiger charge is 2.37. The molecule has 0 atom stereocenters. The molecule has 0 heterocycles. The summed E-state index contributed by atoms with van der Waals surface area (Å²) in [5.41, 5.74) is 6.15. The van der Waals surface area contributed by atoms with E-state index in [-0.39, 0.29) is 18.0 Å². The largest absolute Gasteiger partial charge is 0.494 e. The van der Waals surface area contributed by atoms with Crippen LogP contribution in [0.1, 0.15) is 37.7 Å². The van der Waals surface area contributed by atoms with E-state index in [0.717, 1.165) is 25.7 Å². The van der Waals surface area contributed by atoms with Crippen molar-refractivity contribution >= 4 is 5.78 Å². The molecule has 1 aromatic carbocycles. The third kappa shape index (κ3) is 3.01. The van der Waals surface area contributed by atoms with Crippen LogP contribution in [0.4, 0.5) is 4.39 Å². The van der Waals surface area contributed by atoms with Crippen molar-refractivity contribution in [2.24, 2.45) is 11.1 Å². The van der Waals surface area contributed by atoms with Gasteiger partial charge >= 0.3 is 0 Å². The van der Waals surface area contributed by atoms with E-state index in [1.54, 1.807) is 12.1 Å². The fourth-order valence-electron chi connectivity index (χ4n) is 3.02. The van der Waals surface area contributed by atoms with E-state index in [2.05, 4.69) is 0 Å². The number of benzene rings is 1. The highest BCUT2D eigenvalue weighted by Crippen LogP contribution is 2.37. The topological polar surface area (TPSA) is 52.3 Å². The van der Waals surface area contributed by atoms with Gasteiger partial charge in [0.05, 0.1) is 7.11 Å². The number of hydrogen-bond donors (Lipinski definition) is 1. The number of ether oxygens (including phenoxy) is 1. The van der Waals surface area contributed by atoms with Gasteiger partial charge in [0.15, 0.2) is 11.6 Å². The van der Waals surface area contributed by atoms with Crippen LogP contribution < -0.4 is 10.5 Å². The van der Waals surface area contributed by atoms with Crippen molar-refractivity contribution in [2.45, 2.75) is 38.5 Å². The zero-order valence-corrected chi connectivity index (χ0v) is 12.0. The fraction of sp³-hybridized carbons (Fsp3) is 0.562. The lowest BCUT2D eigenvalue weighted by Gasteiger charge is -2.34. The normalized spacial score (nSPS) is 17.8. The van der Waals surface area contributed by atoms with E-state index < -0.39 is 11.2 Å². The Morgan fingerprint density at radius 3 is 2.60 bits per heavy atom. The van der Waals surface area contributed by atoms with E-state index in [0.29, 0.717) is 12.1 Å². The molecule has 1 aliphatic rings.